The molecule has 0 bridgehead atoms. The van der Waals surface area contributed by atoms with E-state index in [1.54, 1.807) is 0 Å². The second kappa shape index (κ2) is 8.16. The van der Waals surface area contributed by atoms with Gasteiger partial charge in [0.2, 0.25) is 0 Å². The molecule has 0 unspecified atom stereocenters. The highest BCUT2D eigenvalue weighted by atomic mass is 32.2. The first-order valence-corrected chi connectivity index (χ1v) is 11.1. The Balaban J connectivity index is 1.50. The normalized spacial score (nSPS) is 23.4. The van der Waals surface area contributed by atoms with Crippen LogP contribution in [0.5, 0.6) is 0 Å². The number of aromatic nitrogens is 1. The molecule has 0 atom stereocenters. The smallest absolute Gasteiger partial charge is 0.264 e. The summed E-state index contributed by atoms with van der Waals surface area (Å²) < 4.78 is 5.51. The zero-order valence-corrected chi connectivity index (χ0v) is 17.1. The fourth-order valence-electron chi connectivity index (χ4n) is 4.09. The molecule has 2 saturated heterocycles. The maximum Gasteiger partial charge on any atom is 0.264 e. The number of aliphatic imine (C=N–C) groups is 1. The third-order valence-corrected chi connectivity index (χ3v) is 6.53. The first-order chi connectivity index (χ1) is 14.3. The molecule has 29 heavy (non-hydrogen) atoms. The molecule has 7 heteroatoms. The molecular formula is C22H24N4O2S. The van der Waals surface area contributed by atoms with Crippen molar-refractivity contribution in [3.8, 4) is 0 Å². The molecule has 0 radical (unpaired) electrons. The van der Waals surface area contributed by atoms with Crippen LogP contribution in [0.2, 0.25) is 0 Å². The van der Waals surface area contributed by atoms with Crippen molar-refractivity contribution in [1.29, 1.82) is 0 Å². The summed E-state index contributed by atoms with van der Waals surface area (Å²) in [7, 11) is 0. The van der Waals surface area contributed by atoms with Gasteiger partial charge in [-0.3, -0.25) is 9.79 Å². The van der Waals surface area contributed by atoms with Gasteiger partial charge in [-0.25, -0.2) is 4.98 Å². The molecule has 1 aliphatic carbocycles. The summed E-state index contributed by atoms with van der Waals surface area (Å²) in [6.07, 6.45) is 6.66. The van der Waals surface area contributed by atoms with Gasteiger partial charge in [0.05, 0.1) is 29.7 Å². The molecule has 1 aromatic heterocycles. The first-order valence-electron chi connectivity index (χ1n) is 10.3. The van der Waals surface area contributed by atoms with E-state index in [1.807, 2.05) is 24.3 Å². The second-order valence-corrected chi connectivity index (χ2v) is 8.66. The standard InChI is InChI=1S/C22H24N4O2S/c27-21-19(29-22(25-21)23-17-6-2-3-7-17)14-16-13-15-5-1-4-8-18(15)24-20(16)26-9-11-28-12-10-26/h1,4-5,8,13-14,17H,2-3,6-7,9-12H2,(H,23,25,27)/b19-14-. The van der Waals surface area contributed by atoms with Crippen molar-refractivity contribution in [3.05, 3.63) is 40.8 Å². The average molecular weight is 409 g/mol. The average Bonchev–Trinajstić information content (AvgIpc) is 3.38. The Kier molecular flexibility index (Phi) is 5.24. The summed E-state index contributed by atoms with van der Waals surface area (Å²) in [5, 5.41) is 4.74. The predicted octanol–water partition coefficient (Wildman–Crippen LogP) is 3.57. The lowest BCUT2D eigenvalue weighted by Gasteiger charge is -2.29. The zero-order valence-electron chi connectivity index (χ0n) is 16.3. The number of pyridine rings is 1. The van der Waals surface area contributed by atoms with E-state index in [-0.39, 0.29) is 5.91 Å². The Hall–Kier alpha value is -2.38. The molecule has 3 heterocycles. The van der Waals surface area contributed by atoms with E-state index in [0.29, 0.717) is 24.2 Å². The van der Waals surface area contributed by atoms with Crippen molar-refractivity contribution in [3.63, 3.8) is 0 Å². The molecular weight excluding hydrogens is 384 g/mol. The number of hydrogen-bond donors (Lipinski definition) is 1. The minimum Gasteiger partial charge on any atom is -0.378 e. The Morgan fingerprint density at radius 1 is 1.21 bits per heavy atom. The van der Waals surface area contributed by atoms with Gasteiger partial charge in [0.25, 0.3) is 5.91 Å². The van der Waals surface area contributed by atoms with E-state index in [0.717, 1.165) is 53.4 Å². The van der Waals surface area contributed by atoms with Crippen LogP contribution < -0.4 is 10.2 Å². The van der Waals surface area contributed by atoms with E-state index < -0.39 is 0 Å². The molecule has 3 fully saturated rings. The summed E-state index contributed by atoms with van der Waals surface area (Å²) in [6, 6.07) is 10.6. The number of para-hydroxylation sites is 1. The highest BCUT2D eigenvalue weighted by Gasteiger charge is 2.27. The first kappa shape index (κ1) is 18.6. The van der Waals surface area contributed by atoms with Crippen molar-refractivity contribution in [2.24, 2.45) is 4.99 Å². The number of amidine groups is 1. The Morgan fingerprint density at radius 3 is 2.83 bits per heavy atom. The van der Waals surface area contributed by atoms with Crippen molar-refractivity contribution < 1.29 is 9.53 Å². The summed E-state index contributed by atoms with van der Waals surface area (Å²) in [4.78, 5) is 25.2. The van der Waals surface area contributed by atoms with Gasteiger partial charge in [0, 0.05) is 24.0 Å². The maximum absolute atomic E-state index is 12.6. The predicted molar refractivity (Wildman–Crippen MR) is 118 cm³/mol. The van der Waals surface area contributed by atoms with Crippen molar-refractivity contribution in [2.45, 2.75) is 31.7 Å². The summed E-state index contributed by atoms with van der Waals surface area (Å²) in [5.41, 5.74) is 1.92. The van der Waals surface area contributed by atoms with Crippen LogP contribution in [0.4, 0.5) is 5.82 Å². The lowest BCUT2D eigenvalue weighted by molar-refractivity contribution is -0.115. The maximum atomic E-state index is 12.6. The van der Waals surface area contributed by atoms with E-state index >= 15 is 0 Å². The number of thioether (sulfide) groups is 1. The Morgan fingerprint density at radius 2 is 2.00 bits per heavy atom. The fourth-order valence-corrected chi connectivity index (χ4v) is 4.97. The summed E-state index contributed by atoms with van der Waals surface area (Å²) >= 11 is 1.44. The highest BCUT2D eigenvalue weighted by molar-refractivity contribution is 8.18. The summed E-state index contributed by atoms with van der Waals surface area (Å²) in [5.74, 6) is 0.835. The van der Waals surface area contributed by atoms with Crippen molar-refractivity contribution >= 4 is 45.6 Å². The van der Waals surface area contributed by atoms with Gasteiger partial charge in [-0.05, 0) is 42.8 Å². The third kappa shape index (κ3) is 4.02. The van der Waals surface area contributed by atoms with Gasteiger partial charge in [0.1, 0.15) is 5.82 Å². The number of rotatable bonds is 3. The van der Waals surface area contributed by atoms with Crippen LogP contribution in [0.25, 0.3) is 17.0 Å². The number of anilines is 1. The van der Waals surface area contributed by atoms with Crippen molar-refractivity contribution in [1.82, 2.24) is 10.3 Å². The molecule has 3 aliphatic rings. The van der Waals surface area contributed by atoms with Gasteiger partial charge in [-0.2, -0.15) is 0 Å². The minimum atomic E-state index is -0.0761. The number of amides is 1. The van der Waals surface area contributed by atoms with Crippen LogP contribution in [-0.4, -0.2) is 48.4 Å². The summed E-state index contributed by atoms with van der Waals surface area (Å²) in [6.45, 7) is 2.99. The van der Waals surface area contributed by atoms with Crippen LogP contribution in [0.15, 0.2) is 40.2 Å². The topological polar surface area (TPSA) is 66.8 Å². The molecule has 1 N–H and O–H groups in total. The van der Waals surface area contributed by atoms with Crippen LogP contribution in [0.1, 0.15) is 31.2 Å². The fraction of sp³-hybridized carbons (Fsp3) is 0.409. The van der Waals surface area contributed by atoms with E-state index in [1.165, 1.54) is 24.6 Å². The number of nitrogens with one attached hydrogen (secondary N) is 1. The molecule has 6 nitrogen and oxygen atoms in total. The number of benzene rings is 1. The van der Waals surface area contributed by atoms with Crippen LogP contribution in [0, 0.1) is 0 Å². The van der Waals surface area contributed by atoms with Crippen molar-refractivity contribution in [2.75, 3.05) is 31.2 Å². The second-order valence-electron chi connectivity index (χ2n) is 7.63. The molecule has 2 aliphatic heterocycles. The number of carbonyl (C=O) groups excluding carboxylic acids is 1. The van der Waals surface area contributed by atoms with Gasteiger partial charge in [-0.15, -0.1) is 0 Å². The lowest BCUT2D eigenvalue weighted by Crippen LogP contribution is -2.37. The SMILES string of the molecule is O=C1NC(=NC2CCCC2)S/C1=C\c1cc2ccccc2nc1N1CCOCC1. The van der Waals surface area contributed by atoms with Gasteiger partial charge in [0.15, 0.2) is 5.17 Å². The minimum absolute atomic E-state index is 0.0761. The molecule has 5 rings (SSSR count). The molecule has 1 aromatic carbocycles. The Labute approximate surface area is 174 Å². The molecule has 150 valence electrons. The number of nitrogens with zero attached hydrogens (tertiary/aromatic N) is 3. The quantitative estimate of drug-likeness (QED) is 0.787. The van der Waals surface area contributed by atoms with E-state index in [2.05, 4.69) is 22.3 Å². The van der Waals surface area contributed by atoms with E-state index in [9.17, 15) is 4.79 Å². The largest absolute Gasteiger partial charge is 0.378 e. The van der Waals surface area contributed by atoms with Gasteiger partial charge < -0.3 is 15.0 Å². The van der Waals surface area contributed by atoms with Gasteiger partial charge >= 0.3 is 0 Å². The highest BCUT2D eigenvalue weighted by Crippen LogP contribution is 2.32. The lowest BCUT2D eigenvalue weighted by atomic mass is 10.1. The van der Waals surface area contributed by atoms with E-state index in [4.69, 9.17) is 14.7 Å². The molecule has 2 aromatic rings. The number of carbonyl (C=O) groups is 1. The molecule has 1 saturated carbocycles. The number of morpholine rings is 1. The monoisotopic (exact) mass is 408 g/mol. The number of fused-ring (bicyclic) bond motifs is 1. The van der Waals surface area contributed by atoms with Crippen LogP contribution >= 0.6 is 11.8 Å². The van der Waals surface area contributed by atoms with Gasteiger partial charge in [-0.1, -0.05) is 31.0 Å². The Bertz CT molecular complexity index is 991. The molecule has 0 spiro atoms. The number of hydrogen-bond acceptors (Lipinski definition) is 6. The third-order valence-electron chi connectivity index (χ3n) is 5.60. The van der Waals surface area contributed by atoms with Crippen LogP contribution in [-0.2, 0) is 9.53 Å². The van der Waals surface area contributed by atoms with Crippen LogP contribution in [0.3, 0.4) is 0 Å². The molecule has 1 amide bonds. The number of ether oxygens (including phenoxy) is 1. The zero-order chi connectivity index (χ0) is 19.6.